The van der Waals surface area contributed by atoms with E-state index in [1.165, 1.54) is 15.2 Å². The van der Waals surface area contributed by atoms with Crippen LogP contribution in [0.2, 0.25) is 0 Å². The van der Waals surface area contributed by atoms with Gasteiger partial charge >= 0.3 is 0 Å². The van der Waals surface area contributed by atoms with Gasteiger partial charge in [-0.3, -0.25) is 9.48 Å². The summed E-state index contributed by atoms with van der Waals surface area (Å²) in [5.74, 6) is 0.914. The molecule has 4 rings (SSSR count). The Morgan fingerprint density at radius 3 is 2.58 bits per heavy atom. The summed E-state index contributed by atoms with van der Waals surface area (Å²) in [6.07, 6.45) is 3.69. The number of benzene rings is 1. The number of piperazine rings is 1. The Balaban J connectivity index is 1.48. The van der Waals surface area contributed by atoms with Crippen LogP contribution in [0.1, 0.15) is 30.1 Å². The van der Waals surface area contributed by atoms with E-state index >= 15 is 0 Å². The van der Waals surface area contributed by atoms with Gasteiger partial charge in [0.05, 0.1) is 17.9 Å². The highest BCUT2D eigenvalue weighted by Gasteiger charge is 2.35. The molecule has 10 heteroatoms. The second kappa shape index (κ2) is 8.88. The number of nitrogens with zero attached hydrogens (tertiary/aromatic N) is 4. The summed E-state index contributed by atoms with van der Waals surface area (Å²) in [5, 5.41) is 6.79. The average Bonchev–Trinajstić information content (AvgIpc) is 3.51. The molecule has 0 radical (unpaired) electrons. The SMILES string of the molecule is CCOc1ccccc1N1CCN(S(=O)(=O)c2nn(C)cc2C(=O)NCC2CC2)CC1. The molecule has 1 saturated carbocycles. The summed E-state index contributed by atoms with van der Waals surface area (Å²) in [6.45, 7) is 4.75. The summed E-state index contributed by atoms with van der Waals surface area (Å²) in [5.41, 5.74) is 1.06. The second-order valence-corrected chi connectivity index (χ2v) is 9.82. The highest BCUT2D eigenvalue weighted by Crippen LogP contribution is 2.30. The number of hydrogen-bond donors (Lipinski definition) is 1. The average molecular weight is 448 g/mol. The Morgan fingerprint density at radius 2 is 1.90 bits per heavy atom. The summed E-state index contributed by atoms with van der Waals surface area (Å²) >= 11 is 0. The van der Waals surface area contributed by atoms with Crippen molar-refractivity contribution in [2.24, 2.45) is 13.0 Å². The first-order valence-electron chi connectivity index (χ1n) is 10.7. The standard InChI is InChI=1S/C21H29N5O4S/c1-3-30-19-7-5-4-6-18(19)25-10-12-26(13-11-25)31(28,29)21-17(15-24(2)23-21)20(27)22-14-16-8-9-16/h4-7,15-16H,3,8-14H2,1-2H3,(H,22,27). The van der Waals surface area contributed by atoms with Crippen LogP contribution in [0, 0.1) is 5.92 Å². The number of para-hydroxylation sites is 2. The number of aromatic nitrogens is 2. The predicted molar refractivity (Wildman–Crippen MR) is 117 cm³/mol. The van der Waals surface area contributed by atoms with Gasteiger partial charge in [-0.05, 0) is 37.8 Å². The van der Waals surface area contributed by atoms with Crippen molar-refractivity contribution in [1.29, 1.82) is 0 Å². The lowest BCUT2D eigenvalue weighted by molar-refractivity contribution is 0.0948. The van der Waals surface area contributed by atoms with E-state index in [0.29, 0.717) is 45.2 Å². The highest BCUT2D eigenvalue weighted by atomic mass is 32.2. The van der Waals surface area contributed by atoms with Gasteiger partial charge in [0.1, 0.15) is 5.75 Å². The van der Waals surface area contributed by atoms with Crippen LogP contribution in [-0.4, -0.2) is 67.7 Å². The van der Waals surface area contributed by atoms with E-state index in [1.54, 1.807) is 7.05 Å². The molecule has 1 aromatic carbocycles. The van der Waals surface area contributed by atoms with Crippen LogP contribution >= 0.6 is 0 Å². The van der Waals surface area contributed by atoms with Crippen LogP contribution in [0.3, 0.4) is 0 Å². The topological polar surface area (TPSA) is 96.8 Å². The van der Waals surface area contributed by atoms with Gasteiger partial charge in [-0.1, -0.05) is 12.1 Å². The molecule has 1 aromatic heterocycles. The molecular weight excluding hydrogens is 418 g/mol. The molecule has 168 valence electrons. The van der Waals surface area contributed by atoms with Crippen molar-refractivity contribution in [3.05, 3.63) is 36.0 Å². The number of amides is 1. The van der Waals surface area contributed by atoms with Gasteiger partial charge in [0.15, 0.2) is 0 Å². The molecule has 0 bridgehead atoms. The molecular formula is C21H29N5O4S. The molecule has 1 aliphatic heterocycles. The maximum Gasteiger partial charge on any atom is 0.263 e. The maximum atomic E-state index is 13.3. The lowest BCUT2D eigenvalue weighted by atomic mass is 10.2. The first kappa shape index (κ1) is 21.6. The van der Waals surface area contributed by atoms with Gasteiger partial charge in [0, 0.05) is 46.0 Å². The van der Waals surface area contributed by atoms with Crippen molar-refractivity contribution in [3.8, 4) is 5.75 Å². The van der Waals surface area contributed by atoms with Crippen molar-refractivity contribution >= 4 is 21.6 Å². The third kappa shape index (κ3) is 4.69. The number of hydrogen-bond acceptors (Lipinski definition) is 6. The minimum absolute atomic E-state index is 0.104. The molecule has 0 unspecified atom stereocenters. The number of rotatable bonds is 8. The zero-order valence-corrected chi connectivity index (χ0v) is 18.8. The Hall–Kier alpha value is -2.59. The van der Waals surface area contributed by atoms with Crippen LogP contribution < -0.4 is 15.0 Å². The summed E-state index contributed by atoms with van der Waals surface area (Å²) in [6, 6.07) is 7.77. The van der Waals surface area contributed by atoms with Gasteiger partial charge in [0.2, 0.25) is 5.03 Å². The predicted octanol–water partition coefficient (Wildman–Crippen LogP) is 1.47. The first-order chi connectivity index (χ1) is 14.9. The van der Waals surface area contributed by atoms with E-state index in [2.05, 4.69) is 15.3 Å². The number of ether oxygens (including phenoxy) is 1. The molecule has 2 heterocycles. The van der Waals surface area contributed by atoms with Crippen LogP contribution in [-0.2, 0) is 17.1 Å². The van der Waals surface area contributed by atoms with Gasteiger partial charge in [-0.15, -0.1) is 0 Å². The highest BCUT2D eigenvalue weighted by molar-refractivity contribution is 7.89. The van der Waals surface area contributed by atoms with E-state index in [0.717, 1.165) is 24.3 Å². The molecule has 1 N–H and O–H groups in total. The molecule has 1 amide bonds. The number of aryl methyl sites for hydroxylation is 1. The molecule has 9 nitrogen and oxygen atoms in total. The quantitative estimate of drug-likeness (QED) is 0.658. The smallest absolute Gasteiger partial charge is 0.263 e. The lowest BCUT2D eigenvalue weighted by Crippen LogP contribution is -2.49. The zero-order valence-electron chi connectivity index (χ0n) is 18.0. The monoisotopic (exact) mass is 447 g/mol. The second-order valence-electron chi connectivity index (χ2n) is 7.97. The number of anilines is 1. The van der Waals surface area contributed by atoms with Gasteiger partial charge in [-0.2, -0.15) is 9.40 Å². The van der Waals surface area contributed by atoms with Crippen LogP contribution in [0.5, 0.6) is 5.75 Å². The summed E-state index contributed by atoms with van der Waals surface area (Å²) in [4.78, 5) is 14.7. The Morgan fingerprint density at radius 1 is 1.19 bits per heavy atom. The third-order valence-electron chi connectivity index (χ3n) is 5.62. The fraction of sp³-hybridized carbons (Fsp3) is 0.524. The first-order valence-corrected chi connectivity index (χ1v) is 12.1. The lowest BCUT2D eigenvalue weighted by Gasteiger charge is -2.35. The van der Waals surface area contributed by atoms with Crippen molar-refractivity contribution in [3.63, 3.8) is 0 Å². The molecule has 2 aliphatic rings. The minimum atomic E-state index is -3.88. The number of carbonyl (C=O) groups is 1. The number of nitrogens with one attached hydrogen (secondary N) is 1. The van der Waals surface area contributed by atoms with E-state index < -0.39 is 10.0 Å². The fourth-order valence-electron chi connectivity index (χ4n) is 3.76. The molecule has 1 saturated heterocycles. The van der Waals surface area contributed by atoms with Gasteiger partial charge in [0.25, 0.3) is 15.9 Å². The van der Waals surface area contributed by atoms with Gasteiger partial charge < -0.3 is 15.0 Å². The molecule has 2 fully saturated rings. The Labute approximate surface area is 183 Å². The van der Waals surface area contributed by atoms with E-state index in [4.69, 9.17) is 4.74 Å². The maximum absolute atomic E-state index is 13.3. The van der Waals surface area contributed by atoms with E-state index in [-0.39, 0.29) is 16.5 Å². The normalized spacial score (nSPS) is 17.5. The van der Waals surface area contributed by atoms with Crippen LogP contribution in [0.25, 0.3) is 0 Å². The van der Waals surface area contributed by atoms with Gasteiger partial charge in [-0.25, -0.2) is 8.42 Å². The van der Waals surface area contributed by atoms with Crippen LogP contribution in [0.15, 0.2) is 35.5 Å². The van der Waals surface area contributed by atoms with E-state index in [1.807, 2.05) is 31.2 Å². The van der Waals surface area contributed by atoms with E-state index in [9.17, 15) is 13.2 Å². The zero-order chi connectivity index (χ0) is 22.0. The summed E-state index contributed by atoms with van der Waals surface area (Å²) < 4.78 is 35.1. The molecule has 2 aromatic rings. The molecule has 0 spiro atoms. The van der Waals surface area contributed by atoms with Crippen molar-refractivity contribution in [2.75, 3.05) is 44.2 Å². The largest absolute Gasteiger partial charge is 0.492 e. The summed E-state index contributed by atoms with van der Waals surface area (Å²) in [7, 11) is -2.26. The minimum Gasteiger partial charge on any atom is -0.492 e. The Bertz CT molecular complexity index is 1040. The molecule has 31 heavy (non-hydrogen) atoms. The number of carbonyl (C=O) groups excluding carboxylic acids is 1. The van der Waals surface area contributed by atoms with Crippen molar-refractivity contribution < 1.29 is 17.9 Å². The number of sulfonamides is 1. The molecule has 0 atom stereocenters. The van der Waals surface area contributed by atoms with Crippen molar-refractivity contribution in [2.45, 2.75) is 24.8 Å². The fourth-order valence-corrected chi connectivity index (χ4v) is 5.30. The third-order valence-corrected chi connectivity index (χ3v) is 7.45. The van der Waals surface area contributed by atoms with Crippen LogP contribution in [0.4, 0.5) is 5.69 Å². The molecule has 1 aliphatic carbocycles. The Kier molecular flexibility index (Phi) is 6.19. The van der Waals surface area contributed by atoms with Crippen molar-refractivity contribution in [1.82, 2.24) is 19.4 Å².